The molecule has 0 amide bonds. The Bertz CT molecular complexity index is 352. The third kappa shape index (κ3) is 2.64. The summed E-state index contributed by atoms with van der Waals surface area (Å²) in [7, 11) is 2.96. The molecule has 0 saturated carbocycles. The highest BCUT2D eigenvalue weighted by Gasteiger charge is 2.19. The molecule has 16 heavy (non-hydrogen) atoms. The Morgan fingerprint density at radius 1 is 1.31 bits per heavy atom. The van der Waals surface area contributed by atoms with Crippen LogP contribution in [0.1, 0.15) is 5.56 Å². The minimum Gasteiger partial charge on any atom is -0.496 e. The van der Waals surface area contributed by atoms with E-state index in [9.17, 15) is 9.90 Å². The normalized spacial score (nSPS) is 11.9. The molecule has 0 spiro atoms. The number of hydrogen-bond donors (Lipinski definition) is 2. The molecule has 1 aromatic rings. The third-order valence-electron chi connectivity index (χ3n) is 2.21. The molecule has 0 aliphatic rings. The molecule has 88 valence electrons. The van der Waals surface area contributed by atoms with Crippen molar-refractivity contribution in [1.29, 1.82) is 0 Å². The van der Waals surface area contributed by atoms with Gasteiger partial charge in [-0.1, -0.05) is 6.07 Å². The summed E-state index contributed by atoms with van der Waals surface area (Å²) in [4.78, 5) is 10.6. The predicted molar refractivity (Wildman–Crippen MR) is 56.9 cm³/mol. The highest BCUT2D eigenvalue weighted by atomic mass is 16.5. The van der Waals surface area contributed by atoms with Crippen LogP contribution < -0.4 is 9.47 Å². The number of aliphatic hydroxyl groups excluding tert-OH is 1. The van der Waals surface area contributed by atoms with Crippen LogP contribution in [0.4, 0.5) is 0 Å². The highest BCUT2D eigenvalue weighted by Crippen LogP contribution is 2.29. The lowest BCUT2D eigenvalue weighted by Crippen LogP contribution is -2.22. The summed E-state index contributed by atoms with van der Waals surface area (Å²) in [6.07, 6.45) is -1.52. The molecule has 0 aliphatic carbocycles. The van der Waals surface area contributed by atoms with Gasteiger partial charge in [0.2, 0.25) is 0 Å². The van der Waals surface area contributed by atoms with Crippen LogP contribution in [0.2, 0.25) is 0 Å². The second-order valence-corrected chi connectivity index (χ2v) is 3.20. The van der Waals surface area contributed by atoms with Gasteiger partial charge in [0.1, 0.15) is 11.5 Å². The van der Waals surface area contributed by atoms with Crippen molar-refractivity contribution < 1.29 is 24.5 Å². The van der Waals surface area contributed by atoms with Crippen molar-refractivity contribution in [3.8, 4) is 11.5 Å². The zero-order chi connectivity index (χ0) is 12.1. The van der Waals surface area contributed by atoms with Gasteiger partial charge in [0.05, 0.1) is 14.2 Å². The van der Waals surface area contributed by atoms with Crippen LogP contribution in [0.15, 0.2) is 18.2 Å². The number of aliphatic carboxylic acids is 1. The Labute approximate surface area is 93.2 Å². The van der Waals surface area contributed by atoms with Crippen molar-refractivity contribution in [1.82, 2.24) is 0 Å². The van der Waals surface area contributed by atoms with Crippen molar-refractivity contribution in [2.24, 2.45) is 0 Å². The lowest BCUT2D eigenvalue weighted by molar-refractivity contribution is -0.146. The van der Waals surface area contributed by atoms with Gasteiger partial charge >= 0.3 is 5.97 Å². The SMILES string of the molecule is COc1cccc(OC)c1CC(O)C(=O)O. The second kappa shape index (κ2) is 5.37. The molecule has 1 rings (SSSR count). The van der Waals surface area contributed by atoms with Crippen molar-refractivity contribution in [2.45, 2.75) is 12.5 Å². The van der Waals surface area contributed by atoms with E-state index < -0.39 is 12.1 Å². The molecule has 0 aliphatic heterocycles. The largest absolute Gasteiger partial charge is 0.496 e. The summed E-state index contributed by atoms with van der Waals surface area (Å²) in [5, 5.41) is 17.9. The van der Waals surface area contributed by atoms with E-state index in [2.05, 4.69) is 0 Å². The van der Waals surface area contributed by atoms with Gasteiger partial charge in [0.25, 0.3) is 0 Å². The fraction of sp³-hybridized carbons (Fsp3) is 0.364. The van der Waals surface area contributed by atoms with Gasteiger partial charge < -0.3 is 19.7 Å². The molecule has 0 saturated heterocycles. The van der Waals surface area contributed by atoms with Gasteiger partial charge in [0.15, 0.2) is 6.10 Å². The molecule has 2 N–H and O–H groups in total. The standard InChI is InChI=1S/C11H14O5/c1-15-9-4-3-5-10(16-2)7(9)6-8(12)11(13)14/h3-5,8,12H,6H2,1-2H3,(H,13,14). The molecule has 0 radical (unpaired) electrons. The van der Waals surface area contributed by atoms with E-state index in [4.69, 9.17) is 14.6 Å². The average molecular weight is 226 g/mol. The van der Waals surface area contributed by atoms with Gasteiger partial charge in [-0.25, -0.2) is 4.79 Å². The van der Waals surface area contributed by atoms with Crippen LogP contribution in [0, 0.1) is 0 Å². The van der Waals surface area contributed by atoms with Crippen LogP contribution in [-0.4, -0.2) is 36.5 Å². The summed E-state index contributed by atoms with van der Waals surface area (Å²) >= 11 is 0. The smallest absolute Gasteiger partial charge is 0.332 e. The molecule has 5 heteroatoms. The number of aliphatic hydroxyl groups is 1. The van der Waals surface area contributed by atoms with E-state index in [1.807, 2.05) is 0 Å². The first-order valence-corrected chi connectivity index (χ1v) is 4.71. The molecule has 0 heterocycles. The molecular weight excluding hydrogens is 212 g/mol. The Hall–Kier alpha value is -1.75. The Balaban J connectivity index is 3.04. The first kappa shape index (κ1) is 12.3. The van der Waals surface area contributed by atoms with Crippen molar-refractivity contribution in [3.63, 3.8) is 0 Å². The van der Waals surface area contributed by atoms with Gasteiger partial charge in [0, 0.05) is 12.0 Å². The quantitative estimate of drug-likeness (QED) is 0.772. The predicted octanol–water partition coefficient (Wildman–Crippen LogP) is 0.692. The van der Waals surface area contributed by atoms with E-state index in [0.29, 0.717) is 17.1 Å². The summed E-state index contributed by atoms with van der Waals surface area (Å²) in [5.74, 6) is -0.271. The molecule has 5 nitrogen and oxygen atoms in total. The van der Waals surface area contributed by atoms with Crippen LogP contribution in [0.3, 0.4) is 0 Å². The lowest BCUT2D eigenvalue weighted by atomic mass is 10.1. The zero-order valence-corrected chi connectivity index (χ0v) is 9.14. The maximum absolute atomic E-state index is 10.6. The lowest BCUT2D eigenvalue weighted by Gasteiger charge is -2.14. The molecular formula is C11H14O5. The Kier molecular flexibility index (Phi) is 4.13. The fourth-order valence-corrected chi connectivity index (χ4v) is 1.41. The Morgan fingerprint density at radius 2 is 1.81 bits per heavy atom. The van der Waals surface area contributed by atoms with Crippen molar-refractivity contribution in [2.75, 3.05) is 14.2 Å². The summed E-state index contributed by atoms with van der Waals surface area (Å²) in [6.45, 7) is 0. The molecule has 1 unspecified atom stereocenters. The maximum atomic E-state index is 10.6. The van der Waals surface area contributed by atoms with Crippen LogP contribution >= 0.6 is 0 Å². The topological polar surface area (TPSA) is 76.0 Å². The number of benzene rings is 1. The number of carbonyl (C=O) groups is 1. The summed E-state index contributed by atoms with van der Waals surface area (Å²) < 4.78 is 10.2. The third-order valence-corrected chi connectivity index (χ3v) is 2.21. The fourth-order valence-electron chi connectivity index (χ4n) is 1.41. The van der Waals surface area contributed by atoms with Crippen molar-refractivity contribution >= 4 is 5.97 Å². The van der Waals surface area contributed by atoms with E-state index in [1.165, 1.54) is 14.2 Å². The zero-order valence-electron chi connectivity index (χ0n) is 9.14. The van der Waals surface area contributed by atoms with Crippen LogP contribution in [0.25, 0.3) is 0 Å². The molecule has 1 aromatic carbocycles. The number of carboxylic acid groups (broad SMARTS) is 1. The molecule has 0 aromatic heterocycles. The average Bonchev–Trinajstić information content (AvgIpc) is 2.29. The second-order valence-electron chi connectivity index (χ2n) is 3.20. The monoisotopic (exact) mass is 226 g/mol. The van der Waals surface area contributed by atoms with E-state index in [-0.39, 0.29) is 6.42 Å². The number of ether oxygens (including phenoxy) is 2. The molecule has 1 atom stereocenters. The highest BCUT2D eigenvalue weighted by molar-refractivity contribution is 5.72. The number of methoxy groups -OCH3 is 2. The summed E-state index contributed by atoms with van der Waals surface area (Å²) in [6, 6.07) is 5.10. The summed E-state index contributed by atoms with van der Waals surface area (Å²) in [5.41, 5.74) is 0.544. The number of carboxylic acids is 1. The van der Waals surface area contributed by atoms with Crippen LogP contribution in [-0.2, 0) is 11.2 Å². The van der Waals surface area contributed by atoms with Gasteiger partial charge in [-0.2, -0.15) is 0 Å². The van der Waals surface area contributed by atoms with Crippen molar-refractivity contribution in [3.05, 3.63) is 23.8 Å². The van der Waals surface area contributed by atoms with Gasteiger partial charge in [-0.05, 0) is 12.1 Å². The van der Waals surface area contributed by atoms with E-state index >= 15 is 0 Å². The molecule has 0 bridgehead atoms. The first-order valence-electron chi connectivity index (χ1n) is 4.71. The minimum absolute atomic E-state index is 0.0531. The molecule has 0 fully saturated rings. The Morgan fingerprint density at radius 3 is 2.19 bits per heavy atom. The van der Waals surface area contributed by atoms with E-state index in [0.717, 1.165) is 0 Å². The van der Waals surface area contributed by atoms with Gasteiger partial charge in [-0.3, -0.25) is 0 Å². The van der Waals surface area contributed by atoms with Gasteiger partial charge in [-0.15, -0.1) is 0 Å². The van der Waals surface area contributed by atoms with E-state index in [1.54, 1.807) is 18.2 Å². The number of hydrogen-bond acceptors (Lipinski definition) is 4. The minimum atomic E-state index is -1.47. The number of rotatable bonds is 5. The maximum Gasteiger partial charge on any atom is 0.332 e. The van der Waals surface area contributed by atoms with Crippen LogP contribution in [0.5, 0.6) is 11.5 Å². The first-order chi connectivity index (χ1) is 7.60.